The average Bonchev–Trinajstić information content (AvgIpc) is 2.49. The van der Waals surface area contributed by atoms with Crippen LogP contribution in [-0.4, -0.2) is 13.2 Å². The molecule has 20 heavy (non-hydrogen) atoms. The summed E-state index contributed by atoms with van der Waals surface area (Å²) in [7, 11) is 0. The number of rotatable bonds is 8. The van der Waals surface area contributed by atoms with E-state index in [0.717, 1.165) is 38.3 Å². The van der Waals surface area contributed by atoms with Gasteiger partial charge < -0.3 is 10.1 Å². The molecule has 0 aliphatic rings. The molecule has 0 heterocycles. The first-order valence-electron chi connectivity index (χ1n) is 7.29. The standard InChI is InChI=1S/C18H23NO/c1-16-9-11-18(12-10-16)20-14-6-5-13-19-15-17-7-3-2-4-8-17/h2-4,7-12,19H,5-6,13-15H2,1H3. The number of benzene rings is 2. The summed E-state index contributed by atoms with van der Waals surface area (Å²) >= 11 is 0. The van der Waals surface area contributed by atoms with Crippen molar-refractivity contribution in [3.8, 4) is 5.75 Å². The lowest BCUT2D eigenvalue weighted by atomic mass is 10.2. The lowest BCUT2D eigenvalue weighted by Gasteiger charge is -2.07. The van der Waals surface area contributed by atoms with Crippen molar-refractivity contribution < 1.29 is 4.74 Å². The third kappa shape index (κ3) is 5.45. The Bertz CT molecular complexity index is 479. The number of aryl methyl sites for hydroxylation is 1. The van der Waals surface area contributed by atoms with Crippen LogP contribution in [0.5, 0.6) is 5.75 Å². The molecule has 0 aromatic heterocycles. The highest BCUT2D eigenvalue weighted by Gasteiger charge is 1.94. The fourth-order valence-corrected chi connectivity index (χ4v) is 2.01. The summed E-state index contributed by atoms with van der Waals surface area (Å²) in [5, 5.41) is 3.45. The molecule has 0 amide bonds. The first-order valence-corrected chi connectivity index (χ1v) is 7.29. The zero-order chi connectivity index (χ0) is 14.0. The predicted molar refractivity (Wildman–Crippen MR) is 84.1 cm³/mol. The summed E-state index contributed by atoms with van der Waals surface area (Å²) in [6.45, 7) is 4.85. The van der Waals surface area contributed by atoms with Crippen LogP contribution in [0.2, 0.25) is 0 Å². The van der Waals surface area contributed by atoms with Crippen LogP contribution in [0.3, 0.4) is 0 Å². The molecule has 1 N–H and O–H groups in total. The van der Waals surface area contributed by atoms with E-state index in [0.29, 0.717) is 0 Å². The van der Waals surface area contributed by atoms with Crippen LogP contribution in [0.1, 0.15) is 24.0 Å². The Morgan fingerprint density at radius 3 is 2.40 bits per heavy atom. The molecule has 0 aliphatic carbocycles. The van der Waals surface area contributed by atoms with Gasteiger partial charge >= 0.3 is 0 Å². The van der Waals surface area contributed by atoms with E-state index in [9.17, 15) is 0 Å². The van der Waals surface area contributed by atoms with Gasteiger partial charge in [-0.05, 0) is 44.0 Å². The van der Waals surface area contributed by atoms with E-state index < -0.39 is 0 Å². The van der Waals surface area contributed by atoms with Gasteiger partial charge in [0.15, 0.2) is 0 Å². The van der Waals surface area contributed by atoms with Crippen LogP contribution in [0.15, 0.2) is 54.6 Å². The summed E-state index contributed by atoms with van der Waals surface area (Å²) in [6.07, 6.45) is 2.22. The average molecular weight is 269 g/mol. The molecule has 0 atom stereocenters. The quantitative estimate of drug-likeness (QED) is 0.733. The van der Waals surface area contributed by atoms with Crippen molar-refractivity contribution >= 4 is 0 Å². The minimum Gasteiger partial charge on any atom is -0.494 e. The van der Waals surface area contributed by atoms with E-state index in [1.165, 1.54) is 11.1 Å². The van der Waals surface area contributed by atoms with Gasteiger partial charge in [0.25, 0.3) is 0 Å². The van der Waals surface area contributed by atoms with Gasteiger partial charge in [0.1, 0.15) is 5.75 Å². The summed E-state index contributed by atoms with van der Waals surface area (Å²) in [5.41, 5.74) is 2.60. The number of hydrogen-bond acceptors (Lipinski definition) is 2. The Hall–Kier alpha value is -1.80. The number of ether oxygens (including phenoxy) is 1. The Morgan fingerprint density at radius 2 is 1.65 bits per heavy atom. The molecule has 2 aromatic carbocycles. The highest BCUT2D eigenvalue weighted by Crippen LogP contribution is 2.11. The monoisotopic (exact) mass is 269 g/mol. The van der Waals surface area contributed by atoms with Crippen molar-refractivity contribution in [1.29, 1.82) is 0 Å². The molecule has 106 valence electrons. The van der Waals surface area contributed by atoms with Crippen LogP contribution in [0.4, 0.5) is 0 Å². The van der Waals surface area contributed by atoms with Crippen LogP contribution in [0, 0.1) is 6.92 Å². The molecule has 0 saturated carbocycles. The zero-order valence-corrected chi connectivity index (χ0v) is 12.1. The fourth-order valence-electron chi connectivity index (χ4n) is 2.01. The number of unbranched alkanes of at least 4 members (excludes halogenated alkanes) is 1. The highest BCUT2D eigenvalue weighted by molar-refractivity contribution is 5.26. The van der Waals surface area contributed by atoms with Crippen LogP contribution in [-0.2, 0) is 6.54 Å². The van der Waals surface area contributed by atoms with Crippen molar-refractivity contribution in [3.05, 3.63) is 65.7 Å². The van der Waals surface area contributed by atoms with Crippen molar-refractivity contribution in [2.75, 3.05) is 13.2 Å². The molecule has 2 nitrogen and oxygen atoms in total. The largest absolute Gasteiger partial charge is 0.494 e. The summed E-state index contributed by atoms with van der Waals surface area (Å²) in [4.78, 5) is 0. The third-order valence-corrected chi connectivity index (χ3v) is 3.21. The summed E-state index contributed by atoms with van der Waals surface area (Å²) < 4.78 is 5.70. The smallest absolute Gasteiger partial charge is 0.119 e. The Balaban J connectivity index is 1.51. The molecule has 0 unspecified atom stereocenters. The normalized spacial score (nSPS) is 10.4. The Labute approximate surface area is 121 Å². The second-order valence-electron chi connectivity index (χ2n) is 5.03. The van der Waals surface area contributed by atoms with E-state index in [4.69, 9.17) is 4.74 Å². The van der Waals surface area contributed by atoms with E-state index in [1.54, 1.807) is 0 Å². The van der Waals surface area contributed by atoms with E-state index in [2.05, 4.69) is 48.6 Å². The minimum absolute atomic E-state index is 0.788. The molecule has 0 aliphatic heterocycles. The van der Waals surface area contributed by atoms with Crippen molar-refractivity contribution in [2.45, 2.75) is 26.3 Å². The van der Waals surface area contributed by atoms with E-state index in [-0.39, 0.29) is 0 Å². The molecule has 0 bridgehead atoms. The first kappa shape index (κ1) is 14.6. The lowest BCUT2D eigenvalue weighted by molar-refractivity contribution is 0.305. The second kappa shape index (κ2) is 8.39. The van der Waals surface area contributed by atoms with Gasteiger partial charge in [0.2, 0.25) is 0 Å². The van der Waals surface area contributed by atoms with Gasteiger partial charge in [-0.3, -0.25) is 0 Å². The molecule has 2 rings (SSSR count). The Morgan fingerprint density at radius 1 is 0.900 bits per heavy atom. The molecule has 0 radical (unpaired) electrons. The number of hydrogen-bond donors (Lipinski definition) is 1. The van der Waals surface area contributed by atoms with Crippen molar-refractivity contribution in [2.24, 2.45) is 0 Å². The van der Waals surface area contributed by atoms with Gasteiger partial charge in [-0.25, -0.2) is 0 Å². The van der Waals surface area contributed by atoms with Crippen molar-refractivity contribution in [3.63, 3.8) is 0 Å². The van der Waals surface area contributed by atoms with E-state index >= 15 is 0 Å². The van der Waals surface area contributed by atoms with Gasteiger partial charge in [-0.2, -0.15) is 0 Å². The summed E-state index contributed by atoms with van der Waals surface area (Å²) in [6, 6.07) is 18.7. The SMILES string of the molecule is Cc1ccc(OCCCCNCc2ccccc2)cc1. The molecule has 2 aromatic rings. The molecular formula is C18H23NO. The molecule has 2 heteroatoms. The van der Waals surface area contributed by atoms with Gasteiger partial charge in [0, 0.05) is 6.54 Å². The zero-order valence-electron chi connectivity index (χ0n) is 12.1. The third-order valence-electron chi connectivity index (χ3n) is 3.21. The van der Waals surface area contributed by atoms with Gasteiger partial charge in [0.05, 0.1) is 6.61 Å². The van der Waals surface area contributed by atoms with Crippen LogP contribution in [0.25, 0.3) is 0 Å². The second-order valence-corrected chi connectivity index (χ2v) is 5.03. The van der Waals surface area contributed by atoms with Gasteiger partial charge in [-0.15, -0.1) is 0 Å². The van der Waals surface area contributed by atoms with Crippen molar-refractivity contribution in [1.82, 2.24) is 5.32 Å². The van der Waals surface area contributed by atoms with Crippen LogP contribution >= 0.6 is 0 Å². The lowest BCUT2D eigenvalue weighted by Crippen LogP contribution is -2.15. The number of nitrogens with one attached hydrogen (secondary N) is 1. The first-order chi connectivity index (χ1) is 9.84. The predicted octanol–water partition coefficient (Wildman–Crippen LogP) is 3.94. The minimum atomic E-state index is 0.788. The maximum atomic E-state index is 5.70. The highest BCUT2D eigenvalue weighted by atomic mass is 16.5. The molecule has 0 spiro atoms. The maximum Gasteiger partial charge on any atom is 0.119 e. The molecular weight excluding hydrogens is 246 g/mol. The fraction of sp³-hybridized carbons (Fsp3) is 0.333. The Kier molecular flexibility index (Phi) is 6.12. The molecule has 0 fully saturated rings. The van der Waals surface area contributed by atoms with E-state index in [1.807, 2.05) is 18.2 Å². The van der Waals surface area contributed by atoms with Crippen LogP contribution < -0.4 is 10.1 Å². The summed E-state index contributed by atoms with van der Waals surface area (Å²) in [5.74, 6) is 0.966. The maximum absolute atomic E-state index is 5.70. The van der Waals surface area contributed by atoms with Gasteiger partial charge in [-0.1, -0.05) is 48.0 Å². The molecule has 0 saturated heterocycles. The topological polar surface area (TPSA) is 21.3 Å².